The molecule has 0 saturated heterocycles. The third-order valence-corrected chi connectivity index (χ3v) is 2.95. The van der Waals surface area contributed by atoms with Gasteiger partial charge in [0.15, 0.2) is 5.41 Å². The third kappa shape index (κ3) is 5.08. The predicted octanol–water partition coefficient (Wildman–Crippen LogP) is 3.34. The molecule has 0 aromatic heterocycles. The summed E-state index contributed by atoms with van der Waals surface area (Å²) < 4.78 is 41.7. The van der Waals surface area contributed by atoms with Crippen LogP contribution >= 0.6 is 0 Å². The van der Waals surface area contributed by atoms with Gasteiger partial charge < -0.3 is 4.74 Å². The highest BCUT2D eigenvalue weighted by molar-refractivity contribution is 5.74. The average molecular weight is 290 g/mol. The maximum absolute atomic E-state index is 12.3. The molecule has 0 aliphatic rings. The van der Waals surface area contributed by atoms with Crippen LogP contribution in [0.4, 0.5) is 13.2 Å². The van der Waals surface area contributed by atoms with Crippen molar-refractivity contribution in [1.82, 2.24) is 0 Å². The van der Waals surface area contributed by atoms with Crippen LogP contribution in [0.1, 0.15) is 39.5 Å². The van der Waals surface area contributed by atoms with Crippen LogP contribution in [0, 0.1) is 34.0 Å². The molecule has 20 heavy (non-hydrogen) atoms. The summed E-state index contributed by atoms with van der Waals surface area (Å²) in [6.45, 7) is 3.32. The number of hydrogen-bond acceptors (Lipinski definition) is 4. The molecule has 0 aromatic rings. The Morgan fingerprint density at radius 2 is 1.75 bits per heavy atom. The van der Waals surface area contributed by atoms with E-state index in [1.54, 1.807) is 26.0 Å². The van der Waals surface area contributed by atoms with E-state index >= 15 is 0 Å². The lowest BCUT2D eigenvalue weighted by Gasteiger charge is -2.27. The van der Waals surface area contributed by atoms with E-state index in [2.05, 4.69) is 0 Å². The van der Waals surface area contributed by atoms with Crippen LogP contribution in [0.5, 0.6) is 0 Å². The van der Waals surface area contributed by atoms with Gasteiger partial charge in [0.25, 0.3) is 0 Å². The van der Waals surface area contributed by atoms with Gasteiger partial charge in [-0.3, -0.25) is 4.79 Å². The molecule has 0 aliphatic carbocycles. The zero-order valence-electron chi connectivity index (χ0n) is 11.5. The number of carbonyl (C=O) groups excluding carboxylic acids is 1. The summed E-state index contributed by atoms with van der Waals surface area (Å²) in [6.07, 6.45) is -5.90. The van der Waals surface area contributed by atoms with Crippen molar-refractivity contribution >= 4 is 5.97 Å². The van der Waals surface area contributed by atoms with E-state index < -0.39 is 36.3 Å². The molecule has 0 spiro atoms. The van der Waals surface area contributed by atoms with Gasteiger partial charge in [0.05, 0.1) is 24.7 Å². The van der Waals surface area contributed by atoms with Crippen molar-refractivity contribution in [3.05, 3.63) is 0 Å². The molecule has 0 radical (unpaired) electrons. The highest BCUT2D eigenvalue weighted by Crippen LogP contribution is 2.39. The van der Waals surface area contributed by atoms with Gasteiger partial charge in [0, 0.05) is 6.42 Å². The van der Waals surface area contributed by atoms with Gasteiger partial charge in [-0.2, -0.15) is 23.7 Å². The maximum atomic E-state index is 12.3. The van der Waals surface area contributed by atoms with Crippen molar-refractivity contribution in [3.63, 3.8) is 0 Å². The fourth-order valence-electron chi connectivity index (χ4n) is 1.90. The maximum Gasteiger partial charge on any atom is 0.389 e. The molecular formula is C13H17F3N2O2. The molecule has 0 N–H and O–H groups in total. The van der Waals surface area contributed by atoms with Gasteiger partial charge in [-0.15, -0.1) is 0 Å². The van der Waals surface area contributed by atoms with Crippen LogP contribution in [-0.2, 0) is 9.53 Å². The summed E-state index contributed by atoms with van der Waals surface area (Å²) in [7, 11) is 0. The molecular weight excluding hydrogens is 273 g/mol. The molecule has 0 amide bonds. The monoisotopic (exact) mass is 290 g/mol. The molecule has 4 nitrogen and oxygen atoms in total. The summed E-state index contributed by atoms with van der Waals surface area (Å²) in [5.41, 5.74) is -2.00. The minimum atomic E-state index is -4.48. The topological polar surface area (TPSA) is 73.9 Å². The number of halogens is 3. The van der Waals surface area contributed by atoms with E-state index in [0.717, 1.165) is 0 Å². The lowest BCUT2D eigenvalue weighted by molar-refractivity contribution is -0.155. The lowest BCUT2D eigenvalue weighted by Crippen LogP contribution is -2.36. The van der Waals surface area contributed by atoms with Crippen molar-refractivity contribution in [2.45, 2.75) is 45.7 Å². The Morgan fingerprint density at radius 1 is 1.20 bits per heavy atom. The SMILES string of the molecule is CCCC(C(=O)OCC)C(C#N)(C#N)CCC(F)(F)F. The number of nitrogens with zero attached hydrogens (tertiary/aromatic N) is 2. The second-order valence-corrected chi connectivity index (χ2v) is 4.40. The number of esters is 1. The first-order valence-electron chi connectivity index (χ1n) is 6.32. The Hall–Kier alpha value is -1.76. The van der Waals surface area contributed by atoms with Crippen molar-refractivity contribution in [3.8, 4) is 12.1 Å². The molecule has 7 heteroatoms. The number of alkyl halides is 3. The zero-order valence-corrected chi connectivity index (χ0v) is 11.5. The first-order valence-corrected chi connectivity index (χ1v) is 6.32. The lowest BCUT2D eigenvalue weighted by atomic mass is 9.72. The van der Waals surface area contributed by atoms with E-state index in [9.17, 15) is 18.0 Å². The standard InChI is InChI=1S/C13H17F3N2O2/c1-3-5-10(11(19)20-4-2)12(8-17,9-18)6-7-13(14,15)16/h10H,3-7H2,1-2H3. The van der Waals surface area contributed by atoms with E-state index in [1.165, 1.54) is 0 Å². The van der Waals surface area contributed by atoms with Gasteiger partial charge in [0.1, 0.15) is 0 Å². The van der Waals surface area contributed by atoms with Crippen molar-refractivity contribution < 1.29 is 22.7 Å². The molecule has 0 fully saturated rings. The van der Waals surface area contributed by atoms with Gasteiger partial charge in [-0.1, -0.05) is 13.3 Å². The number of ether oxygens (including phenoxy) is 1. The van der Waals surface area contributed by atoms with Crippen LogP contribution in [0.3, 0.4) is 0 Å². The molecule has 112 valence electrons. The molecule has 1 atom stereocenters. The van der Waals surface area contributed by atoms with Crippen molar-refractivity contribution in [2.75, 3.05) is 6.61 Å². The minimum Gasteiger partial charge on any atom is -0.466 e. The molecule has 0 bridgehead atoms. The number of rotatable bonds is 7. The van der Waals surface area contributed by atoms with Crippen molar-refractivity contribution in [1.29, 1.82) is 10.5 Å². The summed E-state index contributed by atoms with van der Waals surface area (Å²) in [6, 6.07) is 3.20. The predicted molar refractivity (Wildman–Crippen MR) is 64.0 cm³/mol. The first-order chi connectivity index (χ1) is 9.26. The van der Waals surface area contributed by atoms with E-state index in [0.29, 0.717) is 6.42 Å². The normalized spacial score (nSPS) is 13.2. The Bertz CT molecular complexity index is 393. The minimum absolute atomic E-state index is 0.0469. The van der Waals surface area contributed by atoms with Crippen LogP contribution in [0.2, 0.25) is 0 Å². The number of nitriles is 2. The molecule has 0 saturated carbocycles. The summed E-state index contributed by atoms with van der Waals surface area (Å²) in [5.74, 6) is -1.95. The van der Waals surface area contributed by atoms with Crippen LogP contribution < -0.4 is 0 Å². The second-order valence-electron chi connectivity index (χ2n) is 4.40. The van der Waals surface area contributed by atoms with Crippen LogP contribution in [0.15, 0.2) is 0 Å². The number of hydrogen-bond donors (Lipinski definition) is 0. The molecule has 1 unspecified atom stereocenters. The van der Waals surface area contributed by atoms with Gasteiger partial charge in [-0.05, 0) is 19.8 Å². The summed E-state index contributed by atoms with van der Waals surface area (Å²) >= 11 is 0. The largest absolute Gasteiger partial charge is 0.466 e. The van der Waals surface area contributed by atoms with E-state index in [4.69, 9.17) is 15.3 Å². The van der Waals surface area contributed by atoms with Crippen LogP contribution in [-0.4, -0.2) is 18.8 Å². The Labute approximate surface area is 116 Å². The smallest absolute Gasteiger partial charge is 0.389 e. The highest BCUT2D eigenvalue weighted by Gasteiger charge is 2.46. The van der Waals surface area contributed by atoms with Gasteiger partial charge >= 0.3 is 12.1 Å². The van der Waals surface area contributed by atoms with E-state index in [1.807, 2.05) is 0 Å². The highest BCUT2D eigenvalue weighted by atomic mass is 19.4. The fraction of sp³-hybridized carbons (Fsp3) is 0.769. The fourth-order valence-corrected chi connectivity index (χ4v) is 1.90. The van der Waals surface area contributed by atoms with Crippen LogP contribution in [0.25, 0.3) is 0 Å². The Balaban J connectivity index is 5.32. The average Bonchev–Trinajstić information content (AvgIpc) is 2.38. The van der Waals surface area contributed by atoms with Crippen molar-refractivity contribution in [2.24, 2.45) is 11.3 Å². The second kappa shape index (κ2) is 7.74. The molecule has 0 aromatic carbocycles. The van der Waals surface area contributed by atoms with Gasteiger partial charge in [0.2, 0.25) is 0 Å². The quantitative estimate of drug-likeness (QED) is 0.674. The Morgan fingerprint density at radius 3 is 2.10 bits per heavy atom. The summed E-state index contributed by atoms with van der Waals surface area (Å²) in [4.78, 5) is 11.8. The Kier molecular flexibility index (Phi) is 7.06. The third-order valence-electron chi connectivity index (χ3n) is 2.95. The van der Waals surface area contributed by atoms with Gasteiger partial charge in [-0.25, -0.2) is 0 Å². The molecule has 0 heterocycles. The first kappa shape index (κ1) is 18.2. The molecule has 0 aliphatic heterocycles. The number of carbonyl (C=O) groups is 1. The zero-order chi connectivity index (χ0) is 15.8. The summed E-state index contributed by atoms with van der Waals surface area (Å²) in [5, 5.41) is 18.3. The molecule has 0 rings (SSSR count). The van der Waals surface area contributed by atoms with E-state index in [-0.39, 0.29) is 13.0 Å².